The summed E-state index contributed by atoms with van der Waals surface area (Å²) in [6.45, 7) is 4.17. The minimum Gasteiger partial charge on any atom is -0.406 e. The maximum absolute atomic E-state index is 12.5. The van der Waals surface area contributed by atoms with Crippen LogP contribution in [-0.4, -0.2) is 54.4 Å². The number of amides is 2. The van der Waals surface area contributed by atoms with Gasteiger partial charge in [0.05, 0.1) is 0 Å². The number of alkyl halides is 3. The van der Waals surface area contributed by atoms with E-state index >= 15 is 0 Å². The smallest absolute Gasteiger partial charge is 0.406 e. The number of ether oxygens (including phenoxy) is 1. The van der Waals surface area contributed by atoms with E-state index in [9.17, 15) is 18.0 Å². The summed E-state index contributed by atoms with van der Waals surface area (Å²) in [5, 5.41) is 2.87. The summed E-state index contributed by atoms with van der Waals surface area (Å²) in [7, 11) is 0. The number of nitrogens with zero attached hydrogens (tertiary/aromatic N) is 2. The van der Waals surface area contributed by atoms with E-state index in [4.69, 9.17) is 0 Å². The fourth-order valence-corrected chi connectivity index (χ4v) is 3.64. The second-order valence-electron chi connectivity index (χ2n) is 6.85. The molecule has 2 amide bonds. The van der Waals surface area contributed by atoms with Crippen molar-refractivity contribution in [2.75, 3.05) is 26.2 Å². The molecule has 2 fully saturated rings. The van der Waals surface area contributed by atoms with Crippen LogP contribution >= 0.6 is 0 Å². The van der Waals surface area contributed by atoms with Crippen LogP contribution in [0.1, 0.15) is 31.2 Å². The van der Waals surface area contributed by atoms with Gasteiger partial charge in [0.2, 0.25) is 0 Å². The number of nitrogens with one attached hydrogen (secondary N) is 1. The minimum absolute atomic E-state index is 0.109. The van der Waals surface area contributed by atoms with Crippen LogP contribution in [0.4, 0.5) is 18.0 Å². The van der Waals surface area contributed by atoms with E-state index in [1.54, 1.807) is 0 Å². The number of hydrogen-bond donors (Lipinski definition) is 1. The van der Waals surface area contributed by atoms with Gasteiger partial charge >= 0.3 is 12.4 Å². The van der Waals surface area contributed by atoms with E-state index in [0.29, 0.717) is 0 Å². The van der Waals surface area contributed by atoms with E-state index in [-0.39, 0.29) is 24.4 Å². The predicted molar refractivity (Wildman–Crippen MR) is 90.8 cm³/mol. The highest BCUT2D eigenvalue weighted by Crippen LogP contribution is 2.23. The third-order valence-corrected chi connectivity index (χ3v) is 4.91. The molecule has 1 atom stereocenters. The van der Waals surface area contributed by atoms with Gasteiger partial charge in [-0.05, 0) is 56.5 Å². The Morgan fingerprint density at radius 3 is 2.46 bits per heavy atom. The fourth-order valence-electron chi connectivity index (χ4n) is 3.64. The van der Waals surface area contributed by atoms with Crippen LogP contribution in [0.3, 0.4) is 0 Å². The van der Waals surface area contributed by atoms with E-state index in [1.165, 1.54) is 37.1 Å². The molecule has 0 spiro atoms. The normalized spacial score (nSPS) is 21.2. The maximum atomic E-state index is 12.5. The van der Waals surface area contributed by atoms with Crippen molar-refractivity contribution in [1.82, 2.24) is 15.1 Å². The van der Waals surface area contributed by atoms with Crippen molar-refractivity contribution in [1.29, 1.82) is 0 Å². The summed E-state index contributed by atoms with van der Waals surface area (Å²) in [6, 6.07) is 5.68. The number of urea groups is 1. The molecule has 2 saturated heterocycles. The zero-order chi connectivity index (χ0) is 18.6. The number of benzene rings is 1. The standard InChI is InChI=1S/C18H24F3N3O2/c19-18(20,21)26-16-7-5-14(6-8-16)12-22-17(25)24-11-3-4-15(24)13-23-9-1-2-10-23/h5-8,15H,1-4,9-13H2,(H,22,25)/t15-/m0/s1. The lowest BCUT2D eigenvalue weighted by molar-refractivity contribution is -0.274. The molecule has 0 aliphatic carbocycles. The van der Waals surface area contributed by atoms with Crippen molar-refractivity contribution in [3.05, 3.63) is 29.8 Å². The van der Waals surface area contributed by atoms with Crippen molar-refractivity contribution >= 4 is 6.03 Å². The summed E-state index contributed by atoms with van der Waals surface area (Å²) in [6.07, 6.45) is -0.210. The van der Waals surface area contributed by atoms with Crippen molar-refractivity contribution in [2.45, 2.75) is 44.6 Å². The van der Waals surface area contributed by atoms with Gasteiger partial charge in [0.1, 0.15) is 5.75 Å². The molecule has 1 N–H and O–H groups in total. The summed E-state index contributed by atoms with van der Waals surface area (Å²) >= 11 is 0. The van der Waals surface area contributed by atoms with Crippen molar-refractivity contribution in [3.63, 3.8) is 0 Å². The van der Waals surface area contributed by atoms with Gasteiger partial charge in [0.25, 0.3) is 0 Å². The van der Waals surface area contributed by atoms with E-state index in [2.05, 4.69) is 15.0 Å². The SMILES string of the molecule is O=C(NCc1ccc(OC(F)(F)F)cc1)N1CCC[C@H]1CN1CCCC1. The van der Waals surface area contributed by atoms with Crippen LogP contribution in [0, 0.1) is 0 Å². The zero-order valence-electron chi connectivity index (χ0n) is 14.6. The van der Waals surface area contributed by atoms with E-state index in [1.807, 2.05) is 4.90 Å². The van der Waals surface area contributed by atoms with Crippen LogP contribution in [0.25, 0.3) is 0 Å². The quantitative estimate of drug-likeness (QED) is 0.863. The van der Waals surface area contributed by atoms with Crippen molar-refractivity contribution in [2.24, 2.45) is 0 Å². The molecule has 0 saturated carbocycles. The lowest BCUT2D eigenvalue weighted by atomic mass is 10.2. The minimum atomic E-state index is -4.70. The first-order valence-corrected chi connectivity index (χ1v) is 9.02. The third kappa shape index (κ3) is 5.27. The van der Waals surface area contributed by atoms with Crippen molar-refractivity contribution in [3.8, 4) is 5.75 Å². The van der Waals surface area contributed by atoms with Crippen LogP contribution in [0.5, 0.6) is 5.75 Å². The van der Waals surface area contributed by atoms with E-state index in [0.717, 1.165) is 44.6 Å². The molecule has 0 bridgehead atoms. The molecular weight excluding hydrogens is 347 g/mol. The highest BCUT2D eigenvalue weighted by Gasteiger charge is 2.31. The van der Waals surface area contributed by atoms with E-state index < -0.39 is 6.36 Å². The molecule has 144 valence electrons. The van der Waals surface area contributed by atoms with Gasteiger partial charge < -0.3 is 19.9 Å². The number of hydrogen-bond acceptors (Lipinski definition) is 3. The highest BCUT2D eigenvalue weighted by atomic mass is 19.4. The van der Waals surface area contributed by atoms with Crippen LogP contribution in [-0.2, 0) is 6.54 Å². The second-order valence-corrected chi connectivity index (χ2v) is 6.85. The topological polar surface area (TPSA) is 44.8 Å². The predicted octanol–water partition coefficient (Wildman–Crippen LogP) is 3.36. The molecule has 2 heterocycles. The number of carbonyl (C=O) groups is 1. The summed E-state index contributed by atoms with van der Waals surface area (Å²) in [4.78, 5) is 16.8. The molecule has 0 unspecified atom stereocenters. The Kier molecular flexibility index (Phi) is 5.90. The number of carbonyl (C=O) groups excluding carboxylic acids is 1. The molecule has 1 aromatic rings. The molecule has 2 aliphatic rings. The zero-order valence-corrected chi connectivity index (χ0v) is 14.6. The first kappa shape index (κ1) is 18.8. The summed E-state index contributed by atoms with van der Waals surface area (Å²) in [5.41, 5.74) is 0.725. The van der Waals surface area contributed by atoms with Gasteiger partial charge in [0, 0.05) is 25.7 Å². The van der Waals surface area contributed by atoms with Gasteiger partial charge in [-0.2, -0.15) is 0 Å². The molecule has 26 heavy (non-hydrogen) atoms. The lowest BCUT2D eigenvalue weighted by Gasteiger charge is -2.28. The summed E-state index contributed by atoms with van der Waals surface area (Å²) < 4.78 is 40.3. The first-order valence-electron chi connectivity index (χ1n) is 9.02. The summed E-state index contributed by atoms with van der Waals surface area (Å²) in [5.74, 6) is -0.266. The monoisotopic (exact) mass is 371 g/mol. The lowest BCUT2D eigenvalue weighted by Crippen LogP contribution is -2.46. The van der Waals surface area contributed by atoms with Crippen molar-refractivity contribution < 1.29 is 22.7 Å². The molecule has 3 rings (SSSR count). The largest absolute Gasteiger partial charge is 0.573 e. The molecule has 0 aromatic heterocycles. The Labute approximate surface area is 151 Å². The Morgan fingerprint density at radius 2 is 1.81 bits per heavy atom. The van der Waals surface area contributed by atoms with Gasteiger partial charge in [-0.3, -0.25) is 0 Å². The molecule has 8 heteroatoms. The van der Waals surface area contributed by atoms with Gasteiger partial charge in [-0.25, -0.2) is 4.79 Å². The van der Waals surface area contributed by atoms with Gasteiger partial charge in [0.15, 0.2) is 0 Å². The molecule has 0 radical (unpaired) electrons. The Balaban J connectivity index is 1.48. The Morgan fingerprint density at radius 1 is 1.12 bits per heavy atom. The maximum Gasteiger partial charge on any atom is 0.573 e. The number of halogens is 3. The first-order chi connectivity index (χ1) is 12.4. The van der Waals surface area contributed by atoms with Crippen LogP contribution < -0.4 is 10.1 Å². The fraction of sp³-hybridized carbons (Fsp3) is 0.611. The third-order valence-electron chi connectivity index (χ3n) is 4.91. The molecule has 1 aromatic carbocycles. The number of likely N-dealkylation sites (tertiary alicyclic amines) is 2. The molecule has 5 nitrogen and oxygen atoms in total. The highest BCUT2D eigenvalue weighted by molar-refractivity contribution is 5.74. The van der Waals surface area contributed by atoms with Gasteiger partial charge in [-0.15, -0.1) is 13.2 Å². The average Bonchev–Trinajstić information content (AvgIpc) is 3.25. The second kappa shape index (κ2) is 8.16. The van der Waals surface area contributed by atoms with Crippen LogP contribution in [0.2, 0.25) is 0 Å². The Hall–Kier alpha value is -1.96. The number of rotatable bonds is 5. The average molecular weight is 371 g/mol. The van der Waals surface area contributed by atoms with Crippen LogP contribution in [0.15, 0.2) is 24.3 Å². The molecular formula is C18H24F3N3O2. The molecule has 2 aliphatic heterocycles. The van der Waals surface area contributed by atoms with Gasteiger partial charge in [-0.1, -0.05) is 12.1 Å². The Bertz CT molecular complexity index is 601.